The Morgan fingerprint density at radius 1 is 0.975 bits per heavy atom. The minimum atomic E-state index is -3.90. The van der Waals surface area contributed by atoms with Crippen molar-refractivity contribution >= 4 is 39.1 Å². The van der Waals surface area contributed by atoms with Crippen LogP contribution in [0.3, 0.4) is 0 Å². The fourth-order valence-corrected chi connectivity index (χ4v) is 5.39. The van der Waals surface area contributed by atoms with E-state index in [2.05, 4.69) is 5.32 Å². The van der Waals surface area contributed by atoms with E-state index in [1.54, 1.807) is 42.5 Å². The van der Waals surface area contributed by atoms with Gasteiger partial charge in [0.05, 0.1) is 19.1 Å². The number of nitrogens with zero attached hydrogens (tertiary/aromatic N) is 2. The van der Waals surface area contributed by atoms with Gasteiger partial charge in [-0.3, -0.25) is 13.9 Å². The van der Waals surface area contributed by atoms with E-state index in [-0.39, 0.29) is 24.6 Å². The number of anilines is 1. The van der Waals surface area contributed by atoms with E-state index >= 15 is 0 Å². The number of hydrogen-bond acceptors (Lipinski definition) is 5. The molecule has 0 saturated carbocycles. The Bertz CT molecular complexity index is 1380. The quantitative estimate of drug-likeness (QED) is 0.277. The van der Waals surface area contributed by atoms with Crippen molar-refractivity contribution in [1.82, 2.24) is 10.2 Å². The number of methoxy groups -OCH3 is 1. The number of amides is 2. The molecule has 0 aliphatic carbocycles. The minimum absolute atomic E-state index is 0.0572. The molecular formula is C30H36ClN3O5S. The zero-order valence-electron chi connectivity index (χ0n) is 23.0. The Morgan fingerprint density at radius 2 is 1.65 bits per heavy atom. The number of hydrogen-bond donors (Lipinski definition) is 1. The molecule has 1 atom stereocenters. The van der Waals surface area contributed by atoms with Crippen LogP contribution in [-0.4, -0.2) is 57.6 Å². The number of carbonyl (C=O) groups excluding carboxylic acids is 2. The molecular weight excluding hydrogens is 550 g/mol. The topological polar surface area (TPSA) is 96.0 Å². The van der Waals surface area contributed by atoms with E-state index in [9.17, 15) is 18.0 Å². The van der Waals surface area contributed by atoms with Crippen LogP contribution in [0, 0.1) is 0 Å². The SMILES string of the molecule is CCCCNC(=O)[C@H](Cc1ccccc1)N(Cc1cccc(Cl)c1)C(=O)CN(c1ccccc1OC)S(C)(=O)=O. The third kappa shape index (κ3) is 8.72. The van der Waals surface area contributed by atoms with Gasteiger partial charge in [0.15, 0.2) is 0 Å². The Kier molecular flexibility index (Phi) is 11.4. The fraction of sp³-hybridized carbons (Fsp3) is 0.333. The molecule has 40 heavy (non-hydrogen) atoms. The largest absolute Gasteiger partial charge is 0.495 e. The number of carbonyl (C=O) groups is 2. The molecule has 0 radical (unpaired) electrons. The van der Waals surface area contributed by atoms with Crippen LogP contribution in [0.2, 0.25) is 5.02 Å². The van der Waals surface area contributed by atoms with Crippen molar-refractivity contribution in [1.29, 1.82) is 0 Å². The number of unbranched alkanes of at least 4 members (excludes halogenated alkanes) is 1. The monoisotopic (exact) mass is 585 g/mol. The molecule has 3 rings (SSSR count). The highest BCUT2D eigenvalue weighted by molar-refractivity contribution is 7.92. The van der Waals surface area contributed by atoms with Crippen LogP contribution in [0.5, 0.6) is 5.75 Å². The van der Waals surface area contributed by atoms with Gasteiger partial charge < -0.3 is 15.0 Å². The Hall–Kier alpha value is -3.56. The lowest BCUT2D eigenvalue weighted by atomic mass is 10.0. The lowest BCUT2D eigenvalue weighted by molar-refractivity contribution is -0.140. The van der Waals surface area contributed by atoms with E-state index in [1.807, 2.05) is 43.3 Å². The molecule has 0 aromatic heterocycles. The molecule has 1 N–H and O–H groups in total. The summed E-state index contributed by atoms with van der Waals surface area (Å²) >= 11 is 6.24. The first-order valence-corrected chi connectivity index (χ1v) is 15.3. The Labute approximate surface area is 241 Å². The molecule has 10 heteroatoms. The summed E-state index contributed by atoms with van der Waals surface area (Å²) < 4.78 is 32.3. The highest BCUT2D eigenvalue weighted by Gasteiger charge is 2.33. The second-order valence-corrected chi connectivity index (χ2v) is 11.8. The van der Waals surface area contributed by atoms with Gasteiger partial charge in [0.1, 0.15) is 18.3 Å². The summed E-state index contributed by atoms with van der Waals surface area (Å²) in [6.07, 6.45) is 2.98. The van der Waals surface area contributed by atoms with Crippen molar-refractivity contribution in [3.63, 3.8) is 0 Å². The van der Waals surface area contributed by atoms with E-state index in [1.165, 1.54) is 12.0 Å². The lowest BCUT2D eigenvalue weighted by Crippen LogP contribution is -2.53. The molecule has 8 nitrogen and oxygen atoms in total. The molecule has 0 unspecified atom stereocenters. The van der Waals surface area contributed by atoms with Crippen molar-refractivity contribution < 1.29 is 22.7 Å². The molecule has 0 aliphatic heterocycles. The van der Waals surface area contributed by atoms with Gasteiger partial charge in [0.2, 0.25) is 21.8 Å². The third-order valence-electron chi connectivity index (χ3n) is 6.38. The summed E-state index contributed by atoms with van der Waals surface area (Å²) in [7, 11) is -2.46. The fourth-order valence-electron chi connectivity index (χ4n) is 4.32. The molecule has 0 bridgehead atoms. The van der Waals surface area contributed by atoms with E-state index in [0.29, 0.717) is 22.9 Å². The third-order valence-corrected chi connectivity index (χ3v) is 7.74. The van der Waals surface area contributed by atoms with Crippen LogP contribution in [0.1, 0.15) is 30.9 Å². The van der Waals surface area contributed by atoms with Crippen LogP contribution in [-0.2, 0) is 32.6 Å². The van der Waals surface area contributed by atoms with Crippen molar-refractivity contribution in [2.75, 3.05) is 30.8 Å². The summed E-state index contributed by atoms with van der Waals surface area (Å²) in [5, 5.41) is 3.45. The molecule has 3 aromatic rings. The van der Waals surface area contributed by atoms with Gasteiger partial charge in [0.25, 0.3) is 0 Å². The first-order valence-electron chi connectivity index (χ1n) is 13.1. The average Bonchev–Trinajstić information content (AvgIpc) is 2.93. The number of halogens is 1. The summed E-state index contributed by atoms with van der Waals surface area (Å²) in [5.74, 6) is -0.543. The number of sulfonamides is 1. The van der Waals surface area contributed by atoms with Gasteiger partial charge in [-0.2, -0.15) is 0 Å². The standard InChI is InChI=1S/C30H36ClN3O5S/c1-4-5-18-32-30(36)27(20-23-12-7-6-8-13-23)33(21-24-14-11-15-25(31)19-24)29(35)22-34(40(3,37)38)26-16-9-10-17-28(26)39-2/h6-17,19,27H,4-5,18,20-22H2,1-3H3,(H,32,36)/t27-/m0/s1. The smallest absolute Gasteiger partial charge is 0.244 e. The first kappa shape index (κ1) is 31.0. The Morgan fingerprint density at radius 3 is 2.30 bits per heavy atom. The van der Waals surface area contributed by atoms with E-state index in [4.69, 9.17) is 16.3 Å². The molecule has 3 aromatic carbocycles. The van der Waals surface area contributed by atoms with Gasteiger partial charge in [-0.05, 0) is 41.8 Å². The summed E-state index contributed by atoms with van der Waals surface area (Å²) in [6.45, 7) is 2.03. The molecule has 0 aliphatic rings. The van der Waals surface area contributed by atoms with Gasteiger partial charge in [-0.1, -0.05) is 79.5 Å². The van der Waals surface area contributed by atoms with Crippen LogP contribution in [0.4, 0.5) is 5.69 Å². The van der Waals surface area contributed by atoms with Crippen LogP contribution in [0.15, 0.2) is 78.9 Å². The highest BCUT2D eigenvalue weighted by Crippen LogP contribution is 2.30. The summed E-state index contributed by atoms with van der Waals surface area (Å²) in [5.41, 5.74) is 1.81. The zero-order valence-corrected chi connectivity index (χ0v) is 24.6. The summed E-state index contributed by atoms with van der Waals surface area (Å²) in [4.78, 5) is 29.1. The predicted octanol–water partition coefficient (Wildman–Crippen LogP) is 4.67. The van der Waals surface area contributed by atoms with Crippen LogP contribution < -0.4 is 14.4 Å². The van der Waals surface area contributed by atoms with Crippen LogP contribution in [0.25, 0.3) is 0 Å². The average molecular weight is 586 g/mol. The van der Waals surface area contributed by atoms with E-state index < -0.39 is 28.5 Å². The van der Waals surface area contributed by atoms with Crippen molar-refractivity contribution in [2.24, 2.45) is 0 Å². The number of para-hydroxylation sites is 2. The minimum Gasteiger partial charge on any atom is -0.495 e. The predicted molar refractivity (Wildman–Crippen MR) is 159 cm³/mol. The lowest BCUT2D eigenvalue weighted by Gasteiger charge is -2.33. The maximum absolute atomic E-state index is 14.1. The van der Waals surface area contributed by atoms with Gasteiger partial charge in [-0.25, -0.2) is 8.42 Å². The normalized spacial score (nSPS) is 11.9. The number of nitrogens with one attached hydrogen (secondary N) is 1. The summed E-state index contributed by atoms with van der Waals surface area (Å²) in [6, 6.07) is 22.1. The highest BCUT2D eigenvalue weighted by atomic mass is 35.5. The second-order valence-electron chi connectivity index (χ2n) is 9.44. The van der Waals surface area contributed by atoms with Crippen molar-refractivity contribution in [2.45, 2.75) is 38.8 Å². The van der Waals surface area contributed by atoms with Crippen molar-refractivity contribution in [3.8, 4) is 5.75 Å². The molecule has 0 fully saturated rings. The molecule has 214 valence electrons. The molecule has 0 heterocycles. The molecule has 0 spiro atoms. The van der Waals surface area contributed by atoms with Gasteiger partial charge >= 0.3 is 0 Å². The second kappa shape index (κ2) is 14.7. The Balaban J connectivity index is 2.05. The maximum Gasteiger partial charge on any atom is 0.244 e. The molecule has 2 amide bonds. The van der Waals surface area contributed by atoms with Crippen LogP contribution >= 0.6 is 11.6 Å². The van der Waals surface area contributed by atoms with Gasteiger partial charge in [0, 0.05) is 24.5 Å². The number of ether oxygens (including phenoxy) is 1. The van der Waals surface area contributed by atoms with Gasteiger partial charge in [-0.15, -0.1) is 0 Å². The maximum atomic E-state index is 14.1. The molecule has 0 saturated heterocycles. The number of benzene rings is 3. The number of rotatable bonds is 14. The zero-order chi connectivity index (χ0) is 29.1. The van der Waals surface area contributed by atoms with Crippen molar-refractivity contribution in [3.05, 3.63) is 95.0 Å². The van der Waals surface area contributed by atoms with E-state index in [0.717, 1.165) is 29.0 Å². The first-order chi connectivity index (χ1) is 19.1.